The molecule has 1 aliphatic heterocycles. The maximum absolute atomic E-state index is 11.7. The van der Waals surface area contributed by atoms with Crippen LogP contribution >= 0.6 is 0 Å². The van der Waals surface area contributed by atoms with Crippen LogP contribution in [-0.2, 0) is 14.6 Å². The van der Waals surface area contributed by atoms with Gasteiger partial charge in [-0.25, -0.2) is 8.42 Å². The summed E-state index contributed by atoms with van der Waals surface area (Å²) >= 11 is 0. The Morgan fingerprint density at radius 1 is 1.56 bits per heavy atom. The Labute approximate surface area is 96.9 Å². The number of hydrogen-bond donors (Lipinski definition) is 1. The molecule has 0 aliphatic carbocycles. The monoisotopic (exact) mass is 248 g/mol. The molecule has 0 aromatic heterocycles. The van der Waals surface area contributed by atoms with Crippen molar-refractivity contribution in [2.75, 3.05) is 25.1 Å². The van der Waals surface area contributed by atoms with E-state index in [9.17, 15) is 13.2 Å². The van der Waals surface area contributed by atoms with Crippen molar-refractivity contribution in [1.82, 2.24) is 4.90 Å². The second kappa shape index (κ2) is 5.14. The van der Waals surface area contributed by atoms with Crippen LogP contribution in [0.5, 0.6) is 0 Å². The van der Waals surface area contributed by atoms with Crippen molar-refractivity contribution in [2.45, 2.75) is 25.8 Å². The second-order valence-electron chi connectivity index (χ2n) is 4.67. The van der Waals surface area contributed by atoms with Crippen LogP contribution in [0.3, 0.4) is 0 Å². The van der Waals surface area contributed by atoms with E-state index in [1.807, 2.05) is 6.92 Å². The quantitative estimate of drug-likeness (QED) is 0.738. The zero-order valence-electron chi connectivity index (χ0n) is 9.85. The number of rotatable bonds is 3. The average molecular weight is 248 g/mol. The van der Waals surface area contributed by atoms with E-state index in [4.69, 9.17) is 5.73 Å². The molecular formula is C10H20N2O3S. The third-order valence-electron chi connectivity index (χ3n) is 2.94. The lowest BCUT2D eigenvalue weighted by atomic mass is 9.92. The molecule has 2 atom stereocenters. The Morgan fingerprint density at radius 3 is 2.69 bits per heavy atom. The van der Waals surface area contributed by atoms with Crippen LogP contribution in [0, 0.1) is 5.92 Å². The average Bonchev–Trinajstić information content (AvgIpc) is 2.15. The molecule has 1 rings (SSSR count). The van der Waals surface area contributed by atoms with E-state index in [0.717, 1.165) is 19.1 Å². The molecule has 1 fully saturated rings. The summed E-state index contributed by atoms with van der Waals surface area (Å²) in [4.78, 5) is 13.3. The number of nitrogens with two attached hydrogens (primary N) is 1. The van der Waals surface area contributed by atoms with E-state index in [1.165, 1.54) is 0 Å². The van der Waals surface area contributed by atoms with Gasteiger partial charge in [0.25, 0.3) is 0 Å². The first-order valence-corrected chi connectivity index (χ1v) is 7.57. The number of sulfone groups is 1. The summed E-state index contributed by atoms with van der Waals surface area (Å²) in [5.74, 6) is -0.399. The predicted octanol–water partition coefficient (Wildman–Crippen LogP) is -0.383. The number of hydrogen-bond acceptors (Lipinski definition) is 4. The van der Waals surface area contributed by atoms with Crippen molar-refractivity contribution in [3.05, 3.63) is 0 Å². The maximum atomic E-state index is 11.7. The van der Waals surface area contributed by atoms with Crippen LogP contribution in [-0.4, -0.2) is 50.4 Å². The number of amides is 1. The van der Waals surface area contributed by atoms with Gasteiger partial charge in [-0.2, -0.15) is 0 Å². The molecule has 16 heavy (non-hydrogen) atoms. The molecule has 2 unspecified atom stereocenters. The van der Waals surface area contributed by atoms with E-state index in [2.05, 4.69) is 0 Å². The highest BCUT2D eigenvalue weighted by Crippen LogP contribution is 2.18. The second-order valence-corrected chi connectivity index (χ2v) is 6.81. The highest BCUT2D eigenvalue weighted by Gasteiger charge is 2.27. The molecule has 94 valence electrons. The third-order valence-corrected chi connectivity index (χ3v) is 3.71. The summed E-state index contributed by atoms with van der Waals surface area (Å²) in [5, 5.41) is 0. The van der Waals surface area contributed by atoms with Gasteiger partial charge in [0, 0.05) is 25.4 Å². The number of carbonyl (C=O) groups is 1. The lowest BCUT2D eigenvalue weighted by molar-refractivity contribution is -0.130. The minimum absolute atomic E-state index is 0.0498. The predicted molar refractivity (Wildman–Crippen MR) is 62.7 cm³/mol. The highest BCUT2D eigenvalue weighted by atomic mass is 32.2. The number of piperidine rings is 1. The van der Waals surface area contributed by atoms with Crippen molar-refractivity contribution in [2.24, 2.45) is 11.7 Å². The Hall–Kier alpha value is -0.620. The van der Waals surface area contributed by atoms with Crippen molar-refractivity contribution in [3.63, 3.8) is 0 Å². The number of carbonyl (C=O) groups excluding carboxylic acids is 1. The van der Waals surface area contributed by atoms with Gasteiger partial charge in [-0.05, 0) is 25.7 Å². The van der Waals surface area contributed by atoms with E-state index in [0.29, 0.717) is 13.1 Å². The molecule has 0 bridgehead atoms. The molecule has 1 aliphatic rings. The van der Waals surface area contributed by atoms with Gasteiger partial charge in [-0.3, -0.25) is 4.79 Å². The van der Waals surface area contributed by atoms with Gasteiger partial charge in [-0.1, -0.05) is 0 Å². The topological polar surface area (TPSA) is 80.5 Å². The lowest BCUT2D eigenvalue weighted by Gasteiger charge is -2.34. The van der Waals surface area contributed by atoms with Gasteiger partial charge < -0.3 is 10.6 Å². The normalized spacial score (nSPS) is 24.2. The summed E-state index contributed by atoms with van der Waals surface area (Å²) in [5.41, 5.74) is 5.80. The van der Waals surface area contributed by atoms with Gasteiger partial charge in [0.1, 0.15) is 5.75 Å². The molecule has 0 aromatic rings. The van der Waals surface area contributed by atoms with Gasteiger partial charge in [0.2, 0.25) is 5.91 Å². The lowest BCUT2D eigenvalue weighted by Crippen LogP contribution is -2.46. The van der Waals surface area contributed by atoms with Crippen molar-refractivity contribution < 1.29 is 13.2 Å². The molecular weight excluding hydrogens is 228 g/mol. The van der Waals surface area contributed by atoms with Crippen LogP contribution in [0.2, 0.25) is 0 Å². The zero-order valence-corrected chi connectivity index (χ0v) is 10.7. The van der Waals surface area contributed by atoms with Gasteiger partial charge in [0.15, 0.2) is 9.84 Å². The van der Waals surface area contributed by atoms with Gasteiger partial charge >= 0.3 is 0 Å². The summed E-state index contributed by atoms with van der Waals surface area (Å²) in [6, 6.07) is 0.0498. The summed E-state index contributed by atoms with van der Waals surface area (Å²) in [6.07, 6.45) is 3.00. The Balaban J connectivity index is 2.57. The SMILES string of the molecule is CC(N)C1CCCN(C(=O)CS(C)(=O)=O)C1. The minimum Gasteiger partial charge on any atom is -0.341 e. The van der Waals surface area contributed by atoms with Crippen LogP contribution in [0.1, 0.15) is 19.8 Å². The molecule has 0 saturated carbocycles. The van der Waals surface area contributed by atoms with Crippen LogP contribution in [0.15, 0.2) is 0 Å². The van der Waals surface area contributed by atoms with E-state index < -0.39 is 15.6 Å². The fourth-order valence-electron chi connectivity index (χ4n) is 1.98. The number of nitrogens with zero attached hydrogens (tertiary/aromatic N) is 1. The van der Waals surface area contributed by atoms with E-state index >= 15 is 0 Å². The van der Waals surface area contributed by atoms with Crippen molar-refractivity contribution in [3.8, 4) is 0 Å². The Morgan fingerprint density at radius 2 is 2.19 bits per heavy atom. The minimum atomic E-state index is -3.23. The highest BCUT2D eigenvalue weighted by molar-refractivity contribution is 7.91. The molecule has 0 aromatic carbocycles. The first-order chi connectivity index (χ1) is 7.29. The van der Waals surface area contributed by atoms with Crippen LogP contribution in [0.4, 0.5) is 0 Å². The van der Waals surface area contributed by atoms with Gasteiger partial charge in [-0.15, -0.1) is 0 Å². The zero-order chi connectivity index (χ0) is 12.3. The fourth-order valence-corrected chi connectivity index (χ4v) is 2.61. The van der Waals surface area contributed by atoms with E-state index in [1.54, 1.807) is 4.90 Å². The molecule has 0 spiro atoms. The van der Waals surface area contributed by atoms with Crippen LogP contribution in [0.25, 0.3) is 0 Å². The van der Waals surface area contributed by atoms with Crippen molar-refractivity contribution >= 4 is 15.7 Å². The first kappa shape index (κ1) is 13.4. The van der Waals surface area contributed by atoms with E-state index in [-0.39, 0.29) is 17.9 Å². The molecule has 6 heteroatoms. The molecule has 1 heterocycles. The Bertz CT molecular complexity index is 351. The largest absolute Gasteiger partial charge is 0.341 e. The summed E-state index contributed by atoms with van der Waals surface area (Å²) < 4.78 is 22.1. The summed E-state index contributed by atoms with van der Waals surface area (Å²) in [7, 11) is -3.23. The Kier molecular flexibility index (Phi) is 4.32. The molecule has 1 saturated heterocycles. The molecule has 1 amide bonds. The third kappa shape index (κ3) is 4.09. The van der Waals surface area contributed by atoms with Gasteiger partial charge in [0.05, 0.1) is 0 Å². The molecule has 0 radical (unpaired) electrons. The molecule has 2 N–H and O–H groups in total. The standard InChI is InChI=1S/C10H20N2O3S/c1-8(11)9-4-3-5-12(6-9)10(13)7-16(2,14)15/h8-9H,3-7,11H2,1-2H3. The first-order valence-electron chi connectivity index (χ1n) is 5.50. The molecule has 5 nitrogen and oxygen atoms in total. The smallest absolute Gasteiger partial charge is 0.237 e. The summed E-state index contributed by atoms with van der Waals surface area (Å²) in [6.45, 7) is 3.17. The fraction of sp³-hybridized carbons (Fsp3) is 0.900. The van der Waals surface area contributed by atoms with Crippen molar-refractivity contribution in [1.29, 1.82) is 0 Å². The maximum Gasteiger partial charge on any atom is 0.237 e. The number of likely N-dealkylation sites (tertiary alicyclic amines) is 1. The van der Waals surface area contributed by atoms with Crippen LogP contribution < -0.4 is 5.73 Å².